The van der Waals surface area contributed by atoms with E-state index in [1.807, 2.05) is 6.07 Å². The number of esters is 3. The average Bonchev–Trinajstić information content (AvgIpc) is 3.16. The lowest BCUT2D eigenvalue weighted by molar-refractivity contribution is -0.289. The third-order valence-corrected chi connectivity index (χ3v) is 10.8. The van der Waals surface area contributed by atoms with E-state index in [1.165, 1.54) is 13.8 Å². The fourth-order valence-electron chi connectivity index (χ4n) is 9.29. The monoisotopic (exact) mass is 524 g/mol. The van der Waals surface area contributed by atoms with Gasteiger partial charge in [0.2, 0.25) is 0 Å². The molecule has 1 aromatic rings. The number of carbonyl (C=O) groups is 4. The van der Waals surface area contributed by atoms with E-state index >= 15 is 0 Å². The third kappa shape index (κ3) is 3.83. The number of ether oxygens (including phenoxy) is 3. The van der Waals surface area contributed by atoms with Gasteiger partial charge in [0.05, 0.1) is 5.56 Å². The Balaban J connectivity index is 1.71. The Hall–Kier alpha value is -2.70. The number of Topliss-reactive ketones (excluding diaryl/α,β-unsaturated/α-hetero) is 1. The molecule has 1 aromatic carbocycles. The van der Waals surface area contributed by atoms with E-state index in [0.717, 1.165) is 19.3 Å². The molecule has 0 aromatic heterocycles. The predicted octanol–water partition coefficient (Wildman–Crippen LogP) is 5.30. The second kappa shape index (κ2) is 8.92. The summed E-state index contributed by atoms with van der Waals surface area (Å²) in [7, 11) is 0. The summed E-state index contributed by atoms with van der Waals surface area (Å²) in [6.45, 7) is 11.4. The SMILES string of the molecule is CC(=O)OC1C(OC(=O)c2ccccc2)C2C(C)(C)CCC(OC(C)=O)C2(C)C23CCC(C)(C2)C(=O)CC13. The van der Waals surface area contributed by atoms with E-state index in [4.69, 9.17) is 14.2 Å². The van der Waals surface area contributed by atoms with Crippen molar-refractivity contribution < 1.29 is 33.4 Å². The van der Waals surface area contributed by atoms with Crippen LogP contribution in [-0.4, -0.2) is 42.0 Å². The molecule has 8 atom stereocenters. The smallest absolute Gasteiger partial charge is 0.338 e. The van der Waals surface area contributed by atoms with Crippen molar-refractivity contribution in [2.75, 3.05) is 0 Å². The van der Waals surface area contributed by atoms with Crippen molar-refractivity contribution in [1.29, 1.82) is 0 Å². The lowest BCUT2D eigenvalue weighted by Gasteiger charge is -2.70. The molecule has 0 N–H and O–H groups in total. The number of rotatable bonds is 4. The Labute approximate surface area is 225 Å². The lowest BCUT2D eigenvalue weighted by atomic mass is 9.36. The maximum absolute atomic E-state index is 13.5. The van der Waals surface area contributed by atoms with Gasteiger partial charge in [-0.25, -0.2) is 4.79 Å². The van der Waals surface area contributed by atoms with Crippen molar-refractivity contribution in [2.45, 2.75) is 98.4 Å². The Morgan fingerprint density at radius 1 is 0.842 bits per heavy atom. The van der Waals surface area contributed by atoms with Gasteiger partial charge < -0.3 is 14.2 Å². The van der Waals surface area contributed by atoms with Crippen LogP contribution in [0.5, 0.6) is 0 Å². The van der Waals surface area contributed by atoms with E-state index in [1.54, 1.807) is 24.3 Å². The van der Waals surface area contributed by atoms with Gasteiger partial charge in [0.1, 0.15) is 24.1 Å². The number of benzene rings is 1. The van der Waals surface area contributed by atoms with Crippen LogP contribution < -0.4 is 0 Å². The maximum atomic E-state index is 13.5. The first-order chi connectivity index (χ1) is 17.7. The van der Waals surface area contributed by atoms with Gasteiger partial charge in [0.25, 0.3) is 0 Å². The molecule has 0 heterocycles. The van der Waals surface area contributed by atoms with Crippen LogP contribution in [0.3, 0.4) is 0 Å². The first-order valence-corrected chi connectivity index (χ1v) is 13.9. The summed E-state index contributed by atoms with van der Waals surface area (Å²) in [5.74, 6) is -1.72. The van der Waals surface area contributed by atoms with Gasteiger partial charge in [-0.2, -0.15) is 0 Å². The highest BCUT2D eigenvalue weighted by atomic mass is 16.6. The molecule has 8 unspecified atom stereocenters. The van der Waals surface area contributed by atoms with Crippen LogP contribution >= 0.6 is 0 Å². The Morgan fingerprint density at radius 3 is 2.13 bits per heavy atom. The minimum atomic E-state index is -0.793. The molecule has 4 fully saturated rings. The zero-order chi connectivity index (χ0) is 27.7. The minimum absolute atomic E-state index is 0.169. The molecule has 0 saturated heterocycles. The predicted molar refractivity (Wildman–Crippen MR) is 139 cm³/mol. The van der Waals surface area contributed by atoms with Gasteiger partial charge in [-0.1, -0.05) is 45.9 Å². The topological polar surface area (TPSA) is 96.0 Å². The molecular weight excluding hydrogens is 484 g/mol. The fraction of sp³-hybridized carbons (Fsp3) is 0.677. The standard InChI is InChI=1S/C31H40O7/c1-18(32)36-23-12-13-28(3,4)26-25(38-27(35)20-10-8-7-9-11-20)24(37-19(2)33)21-16-22(34)29(5)14-15-31(21,17-29)30(23,26)6/h7-11,21,23-26H,12-17H2,1-6H3. The number of carbonyl (C=O) groups excluding carboxylic acids is 4. The molecule has 0 amide bonds. The molecule has 38 heavy (non-hydrogen) atoms. The quantitative estimate of drug-likeness (QED) is 0.390. The van der Waals surface area contributed by atoms with Gasteiger partial charge in [0, 0.05) is 42.9 Å². The molecule has 0 radical (unpaired) electrons. The molecule has 7 heteroatoms. The highest BCUT2D eigenvalue weighted by Gasteiger charge is 2.77. The van der Waals surface area contributed by atoms with Crippen LogP contribution in [0, 0.1) is 33.5 Å². The van der Waals surface area contributed by atoms with Crippen molar-refractivity contribution in [1.82, 2.24) is 0 Å². The summed E-state index contributed by atoms with van der Waals surface area (Å²) in [5.41, 5.74) is -1.36. The molecule has 5 rings (SSSR count). The van der Waals surface area contributed by atoms with Crippen LogP contribution in [0.2, 0.25) is 0 Å². The zero-order valence-electron chi connectivity index (χ0n) is 23.4. The second-order valence-electron chi connectivity index (χ2n) is 13.3. The van der Waals surface area contributed by atoms with Gasteiger partial charge >= 0.3 is 17.9 Å². The van der Waals surface area contributed by atoms with Crippen LogP contribution in [-0.2, 0) is 28.6 Å². The largest absolute Gasteiger partial charge is 0.462 e. The molecule has 2 bridgehead atoms. The second-order valence-corrected chi connectivity index (χ2v) is 13.3. The van der Waals surface area contributed by atoms with E-state index in [2.05, 4.69) is 27.7 Å². The summed E-state index contributed by atoms with van der Waals surface area (Å²) in [5, 5.41) is 0. The fourth-order valence-corrected chi connectivity index (χ4v) is 9.29. The van der Waals surface area contributed by atoms with E-state index in [-0.39, 0.29) is 35.4 Å². The normalized spacial score (nSPS) is 40.9. The number of hydrogen-bond donors (Lipinski definition) is 0. The van der Waals surface area contributed by atoms with Crippen LogP contribution in [0.25, 0.3) is 0 Å². The lowest BCUT2D eigenvalue weighted by Crippen LogP contribution is -2.73. The first kappa shape index (κ1) is 26.9. The number of fused-ring (bicyclic) bond motifs is 2. The Bertz CT molecular complexity index is 1160. The van der Waals surface area contributed by atoms with E-state index < -0.39 is 46.5 Å². The summed E-state index contributed by atoms with van der Waals surface area (Å²) in [6, 6.07) is 8.79. The summed E-state index contributed by atoms with van der Waals surface area (Å²) in [4.78, 5) is 52.0. The van der Waals surface area contributed by atoms with E-state index in [0.29, 0.717) is 18.4 Å². The number of ketones is 1. The number of hydrogen-bond acceptors (Lipinski definition) is 7. The molecular formula is C31H40O7. The highest BCUT2D eigenvalue weighted by molar-refractivity contribution is 5.89. The minimum Gasteiger partial charge on any atom is -0.462 e. The molecule has 4 aliphatic rings. The summed E-state index contributed by atoms with van der Waals surface area (Å²) >= 11 is 0. The molecule has 4 aliphatic carbocycles. The van der Waals surface area contributed by atoms with Crippen molar-refractivity contribution >= 4 is 23.7 Å². The first-order valence-electron chi connectivity index (χ1n) is 13.9. The summed E-state index contributed by atoms with van der Waals surface area (Å²) < 4.78 is 18.5. The maximum Gasteiger partial charge on any atom is 0.338 e. The average molecular weight is 525 g/mol. The molecule has 0 aliphatic heterocycles. The van der Waals surface area contributed by atoms with Gasteiger partial charge in [-0.3, -0.25) is 14.4 Å². The zero-order valence-corrected chi connectivity index (χ0v) is 23.4. The van der Waals surface area contributed by atoms with E-state index in [9.17, 15) is 19.2 Å². The Kier molecular flexibility index (Phi) is 6.31. The summed E-state index contributed by atoms with van der Waals surface area (Å²) in [6.07, 6.45) is 1.93. The van der Waals surface area contributed by atoms with Gasteiger partial charge in [-0.05, 0) is 55.1 Å². The molecule has 1 spiro atoms. The van der Waals surface area contributed by atoms with Crippen LogP contribution in [0.4, 0.5) is 0 Å². The molecule has 7 nitrogen and oxygen atoms in total. The van der Waals surface area contributed by atoms with Crippen molar-refractivity contribution in [2.24, 2.45) is 33.5 Å². The van der Waals surface area contributed by atoms with Gasteiger partial charge in [0.15, 0.2) is 0 Å². The third-order valence-electron chi connectivity index (χ3n) is 10.8. The Morgan fingerprint density at radius 2 is 1.50 bits per heavy atom. The van der Waals surface area contributed by atoms with Crippen molar-refractivity contribution in [3.05, 3.63) is 35.9 Å². The van der Waals surface area contributed by atoms with Gasteiger partial charge in [-0.15, -0.1) is 0 Å². The molecule has 4 saturated carbocycles. The van der Waals surface area contributed by atoms with Crippen molar-refractivity contribution in [3.8, 4) is 0 Å². The van der Waals surface area contributed by atoms with Crippen LogP contribution in [0.15, 0.2) is 30.3 Å². The van der Waals surface area contributed by atoms with Crippen molar-refractivity contribution in [3.63, 3.8) is 0 Å². The molecule has 206 valence electrons. The van der Waals surface area contributed by atoms with Crippen LogP contribution in [0.1, 0.15) is 90.4 Å². The highest BCUT2D eigenvalue weighted by Crippen LogP contribution is 2.76.